The molecule has 2 rings (SSSR count). The van der Waals surface area contributed by atoms with Gasteiger partial charge in [-0.25, -0.2) is 4.79 Å². The number of hydrogen-bond donors (Lipinski definition) is 1. The zero-order valence-electron chi connectivity index (χ0n) is 47.0. The minimum atomic E-state index is -0.700. The Labute approximate surface area is 430 Å². The summed E-state index contributed by atoms with van der Waals surface area (Å²) in [7, 11) is 0. The molecule has 4 heteroatoms. The second-order valence-corrected chi connectivity index (χ2v) is 21.4. The number of amides is 1. The largest absolute Gasteiger partial charge is 0.454 e. The fourth-order valence-corrected chi connectivity index (χ4v) is 10.8. The molecule has 0 fully saturated rings. The zero-order chi connectivity index (χ0) is 49.7. The van der Waals surface area contributed by atoms with Gasteiger partial charge in [0.2, 0.25) is 6.29 Å². The molecule has 0 aromatic heterocycles. The van der Waals surface area contributed by atoms with Crippen LogP contribution >= 0.6 is 0 Å². The van der Waals surface area contributed by atoms with E-state index in [9.17, 15) is 4.79 Å². The van der Waals surface area contributed by atoms with Crippen LogP contribution < -0.4 is 10.1 Å². The van der Waals surface area contributed by atoms with E-state index in [1.165, 1.54) is 274 Å². The number of benzene rings is 2. The van der Waals surface area contributed by atoms with E-state index < -0.39 is 12.4 Å². The van der Waals surface area contributed by atoms with Crippen molar-refractivity contribution in [1.82, 2.24) is 0 Å². The van der Waals surface area contributed by atoms with E-state index in [4.69, 9.17) is 9.47 Å². The normalized spacial score (nSPS) is 11.9. The molecule has 4 nitrogen and oxygen atoms in total. The smallest absolute Gasteiger partial charge is 0.414 e. The highest BCUT2D eigenvalue weighted by Crippen LogP contribution is 2.41. The lowest BCUT2D eigenvalue weighted by Gasteiger charge is -2.29. The molecule has 1 atom stereocenters. The SMILES string of the molecule is CCCCCCCCCCc1c(CCCCCCCCCC)c(CCCCCCCCCC)c(OC(C)OC(=O)Nc2ccccc2)c(CCCCCCCCCC)c1CCCCCCCCCC. The first kappa shape index (κ1) is 62.6. The van der Waals surface area contributed by atoms with Gasteiger partial charge in [-0.05, 0) is 104 Å². The summed E-state index contributed by atoms with van der Waals surface area (Å²) in [5, 5.41) is 2.97. The van der Waals surface area contributed by atoms with E-state index in [2.05, 4.69) is 39.9 Å². The predicted octanol–water partition coefficient (Wildman–Crippen LogP) is 22.1. The highest BCUT2D eigenvalue weighted by Gasteiger charge is 2.26. The molecule has 0 aliphatic rings. The van der Waals surface area contributed by atoms with Crippen molar-refractivity contribution in [3.05, 3.63) is 58.1 Å². The van der Waals surface area contributed by atoms with Crippen LogP contribution in [0.1, 0.15) is 326 Å². The summed E-state index contributed by atoms with van der Waals surface area (Å²) in [6.45, 7) is 13.6. The molecule has 1 N–H and O–H groups in total. The maximum absolute atomic E-state index is 13.5. The molecule has 0 radical (unpaired) electrons. The zero-order valence-corrected chi connectivity index (χ0v) is 47.0. The van der Waals surface area contributed by atoms with Gasteiger partial charge in [0, 0.05) is 12.6 Å². The molecule has 2 aromatic rings. The van der Waals surface area contributed by atoms with Crippen molar-refractivity contribution in [1.29, 1.82) is 0 Å². The molecule has 1 unspecified atom stereocenters. The lowest BCUT2D eigenvalue weighted by Crippen LogP contribution is -2.26. The third kappa shape index (κ3) is 31.6. The summed E-state index contributed by atoms with van der Waals surface area (Å²) in [6.07, 6.45) is 57.8. The van der Waals surface area contributed by atoms with E-state index in [0.29, 0.717) is 0 Å². The fraction of sp³-hybridized carbons (Fsp3) is 0.800. The van der Waals surface area contributed by atoms with Gasteiger partial charge < -0.3 is 9.47 Å². The van der Waals surface area contributed by atoms with E-state index in [1.54, 1.807) is 16.7 Å². The maximum Gasteiger partial charge on any atom is 0.414 e. The van der Waals surface area contributed by atoms with Crippen molar-refractivity contribution in [2.45, 2.75) is 337 Å². The first-order valence-electron chi connectivity index (χ1n) is 30.9. The van der Waals surface area contributed by atoms with Crippen molar-refractivity contribution < 1.29 is 14.3 Å². The van der Waals surface area contributed by atoms with E-state index in [-0.39, 0.29) is 0 Å². The van der Waals surface area contributed by atoms with Gasteiger partial charge in [0.1, 0.15) is 5.75 Å². The number of carbonyl (C=O) groups is 1. The average molecular weight is 959 g/mol. The van der Waals surface area contributed by atoms with Crippen LogP contribution in [0, 0.1) is 0 Å². The van der Waals surface area contributed by atoms with Crippen LogP contribution in [-0.4, -0.2) is 12.4 Å². The first-order chi connectivity index (χ1) is 34.0. The summed E-state index contributed by atoms with van der Waals surface area (Å²) < 4.78 is 13.4. The Hall–Kier alpha value is -2.49. The Balaban J connectivity index is 2.69. The molecule has 69 heavy (non-hydrogen) atoms. The molecule has 398 valence electrons. The number of para-hydroxylation sites is 1. The second kappa shape index (κ2) is 45.4. The molecule has 1 amide bonds. The van der Waals surface area contributed by atoms with Gasteiger partial charge in [0.25, 0.3) is 0 Å². The van der Waals surface area contributed by atoms with Gasteiger partial charge in [-0.3, -0.25) is 5.32 Å². The van der Waals surface area contributed by atoms with Gasteiger partial charge in [-0.1, -0.05) is 278 Å². The van der Waals surface area contributed by atoms with E-state index in [0.717, 1.165) is 37.1 Å². The number of unbranched alkanes of at least 4 members (excludes halogenated alkanes) is 35. The average Bonchev–Trinajstić information content (AvgIpc) is 3.35. The molecular weight excluding hydrogens is 843 g/mol. The van der Waals surface area contributed by atoms with Crippen LogP contribution in [0.25, 0.3) is 0 Å². The molecule has 0 aliphatic carbocycles. The Morgan fingerprint density at radius 2 is 0.609 bits per heavy atom. The van der Waals surface area contributed by atoms with Crippen LogP contribution in [0.4, 0.5) is 10.5 Å². The van der Waals surface area contributed by atoms with Crippen molar-refractivity contribution >= 4 is 11.8 Å². The molecule has 0 saturated carbocycles. The molecular formula is C65H115NO3. The monoisotopic (exact) mass is 958 g/mol. The maximum atomic E-state index is 13.5. The predicted molar refractivity (Wildman–Crippen MR) is 305 cm³/mol. The topological polar surface area (TPSA) is 47.6 Å². The summed E-state index contributed by atoms with van der Waals surface area (Å²) >= 11 is 0. The van der Waals surface area contributed by atoms with Gasteiger partial charge in [0.05, 0.1) is 0 Å². The molecule has 0 saturated heterocycles. The Morgan fingerprint density at radius 3 is 0.899 bits per heavy atom. The van der Waals surface area contributed by atoms with E-state index in [1.807, 2.05) is 37.3 Å². The lowest BCUT2D eigenvalue weighted by molar-refractivity contribution is -0.0132. The quantitative estimate of drug-likeness (QED) is 0.0531. The highest BCUT2D eigenvalue weighted by atomic mass is 16.7. The van der Waals surface area contributed by atoms with Gasteiger partial charge in [-0.2, -0.15) is 0 Å². The number of nitrogens with one attached hydrogen (secondary N) is 1. The fourth-order valence-electron chi connectivity index (χ4n) is 10.8. The molecule has 2 aromatic carbocycles. The first-order valence-corrected chi connectivity index (χ1v) is 30.9. The van der Waals surface area contributed by atoms with Crippen LogP contribution in [0.5, 0.6) is 5.75 Å². The number of anilines is 1. The van der Waals surface area contributed by atoms with Gasteiger partial charge >= 0.3 is 6.09 Å². The molecule has 0 spiro atoms. The minimum absolute atomic E-state index is 0.451. The lowest BCUT2D eigenvalue weighted by atomic mass is 9.80. The standard InChI is InChI=1S/C65H115NO3/c1-7-12-17-22-27-32-37-45-52-59-60(53-46-38-33-28-23-18-13-8-2)62(55-48-40-35-30-25-20-15-10-4)64(68-57(6)69-65(67)66-58-50-43-42-44-51-58)63(56-49-41-36-31-26-21-16-11-5)61(59)54-47-39-34-29-24-19-14-9-3/h42-44,50-51,57H,7-41,45-49,52-56H2,1-6H3,(H,66,67). The Bertz CT molecular complexity index is 1390. The number of ether oxygens (including phenoxy) is 2. The second-order valence-electron chi connectivity index (χ2n) is 21.4. The van der Waals surface area contributed by atoms with Gasteiger partial charge in [0.15, 0.2) is 0 Å². The Kier molecular flexibility index (Phi) is 41.2. The van der Waals surface area contributed by atoms with Crippen LogP contribution in [-0.2, 0) is 36.8 Å². The number of carbonyl (C=O) groups excluding carboxylic acids is 1. The Morgan fingerprint density at radius 1 is 0.362 bits per heavy atom. The number of rotatable bonds is 49. The van der Waals surface area contributed by atoms with E-state index >= 15 is 0 Å². The molecule has 0 bridgehead atoms. The molecule has 0 aliphatic heterocycles. The summed E-state index contributed by atoms with van der Waals surface area (Å²) in [5.41, 5.74) is 8.69. The van der Waals surface area contributed by atoms with Crippen molar-refractivity contribution in [3.8, 4) is 5.75 Å². The van der Waals surface area contributed by atoms with Gasteiger partial charge in [-0.15, -0.1) is 0 Å². The van der Waals surface area contributed by atoms with Crippen molar-refractivity contribution in [3.63, 3.8) is 0 Å². The van der Waals surface area contributed by atoms with Crippen molar-refractivity contribution in [2.75, 3.05) is 5.32 Å². The third-order valence-corrected chi connectivity index (χ3v) is 15.0. The van der Waals surface area contributed by atoms with Crippen LogP contribution in [0.15, 0.2) is 30.3 Å². The third-order valence-electron chi connectivity index (χ3n) is 15.0. The summed E-state index contributed by atoms with van der Waals surface area (Å²) in [4.78, 5) is 13.5. The molecule has 0 heterocycles. The minimum Gasteiger partial charge on any atom is -0.454 e. The highest BCUT2D eigenvalue weighted by molar-refractivity contribution is 5.84. The van der Waals surface area contributed by atoms with Crippen LogP contribution in [0.3, 0.4) is 0 Å². The van der Waals surface area contributed by atoms with Crippen molar-refractivity contribution in [2.24, 2.45) is 0 Å². The van der Waals surface area contributed by atoms with Crippen LogP contribution in [0.2, 0.25) is 0 Å². The summed E-state index contributed by atoms with van der Waals surface area (Å²) in [5.74, 6) is 1.10. The number of hydrogen-bond acceptors (Lipinski definition) is 3. The summed E-state index contributed by atoms with van der Waals surface area (Å²) in [6, 6.07) is 9.69.